The number of nitrogens with one attached hydrogen (secondary N) is 2. The van der Waals surface area contributed by atoms with Crippen LogP contribution in [-0.2, 0) is 11.3 Å². The van der Waals surface area contributed by atoms with E-state index in [9.17, 15) is 14.0 Å². The van der Waals surface area contributed by atoms with Crippen molar-refractivity contribution in [2.75, 3.05) is 16.4 Å². The zero-order chi connectivity index (χ0) is 21.1. The van der Waals surface area contributed by atoms with Crippen LogP contribution in [-0.4, -0.2) is 26.8 Å². The maximum absolute atomic E-state index is 13.2. The number of benzene rings is 2. The summed E-state index contributed by atoms with van der Waals surface area (Å²) in [7, 11) is 0. The summed E-state index contributed by atoms with van der Waals surface area (Å²) in [5, 5.41) is 12.6. The maximum atomic E-state index is 13.2. The molecule has 1 aromatic heterocycles. The van der Waals surface area contributed by atoms with Crippen LogP contribution in [0.15, 0.2) is 36.4 Å². The quantitative estimate of drug-likeness (QED) is 0.591. The number of anilines is 3. The molecule has 0 radical (unpaired) electrons. The number of hydrogen-bond acceptors (Lipinski definition) is 5. The third-order valence-electron chi connectivity index (χ3n) is 3.96. The fourth-order valence-electron chi connectivity index (χ4n) is 2.75. The second kappa shape index (κ2) is 8.27. The molecule has 2 aromatic carbocycles. The number of carbonyl (C=O) groups is 2. The van der Waals surface area contributed by atoms with E-state index in [1.165, 1.54) is 12.1 Å². The first-order chi connectivity index (χ1) is 13.7. The topological polar surface area (TPSA) is 115 Å². The highest BCUT2D eigenvalue weighted by atomic mass is 35.5. The van der Waals surface area contributed by atoms with Crippen LogP contribution in [0.2, 0.25) is 5.02 Å². The van der Waals surface area contributed by atoms with E-state index >= 15 is 0 Å². The van der Waals surface area contributed by atoms with Gasteiger partial charge in [-0.05, 0) is 55.3 Å². The summed E-state index contributed by atoms with van der Waals surface area (Å²) in [5.41, 5.74) is 8.70. The molecule has 0 unspecified atom stereocenters. The minimum absolute atomic E-state index is 0.0775. The largest absolute Gasteiger partial charge is 0.382 e. The van der Waals surface area contributed by atoms with Gasteiger partial charge in [-0.15, -0.1) is 5.10 Å². The molecule has 0 aliphatic carbocycles. The Morgan fingerprint density at radius 1 is 1.10 bits per heavy atom. The molecular formula is C19H18ClFN6O2. The fourth-order valence-corrected chi connectivity index (χ4v) is 2.93. The number of nitrogen functional groups attached to an aromatic ring is 1. The normalized spacial score (nSPS) is 10.6. The summed E-state index contributed by atoms with van der Waals surface area (Å²) in [4.78, 5) is 24.6. The van der Waals surface area contributed by atoms with Crippen LogP contribution in [0.1, 0.15) is 21.6 Å². The van der Waals surface area contributed by atoms with Crippen molar-refractivity contribution >= 4 is 40.6 Å². The van der Waals surface area contributed by atoms with Crippen LogP contribution in [0.3, 0.4) is 0 Å². The first-order valence-electron chi connectivity index (χ1n) is 8.56. The van der Waals surface area contributed by atoms with Crippen molar-refractivity contribution in [3.63, 3.8) is 0 Å². The molecule has 0 bridgehead atoms. The second-order valence-corrected chi connectivity index (χ2v) is 6.90. The number of nitrogens with two attached hydrogens (primary N) is 1. The number of rotatable bonds is 5. The Morgan fingerprint density at radius 3 is 2.45 bits per heavy atom. The molecule has 0 fully saturated rings. The Kier molecular flexibility index (Phi) is 5.79. The van der Waals surface area contributed by atoms with Gasteiger partial charge < -0.3 is 16.4 Å². The van der Waals surface area contributed by atoms with E-state index in [2.05, 4.69) is 20.9 Å². The highest BCUT2D eigenvalue weighted by molar-refractivity contribution is 6.31. The summed E-state index contributed by atoms with van der Waals surface area (Å²) in [6.45, 7) is 3.63. The second-order valence-electron chi connectivity index (χ2n) is 6.49. The molecule has 4 N–H and O–H groups in total. The molecule has 1 heterocycles. The van der Waals surface area contributed by atoms with E-state index < -0.39 is 11.7 Å². The molecule has 10 heteroatoms. The molecule has 3 rings (SSSR count). The van der Waals surface area contributed by atoms with Gasteiger partial charge >= 0.3 is 0 Å². The molecule has 0 atom stereocenters. The predicted molar refractivity (Wildman–Crippen MR) is 108 cm³/mol. The van der Waals surface area contributed by atoms with Crippen LogP contribution in [0.5, 0.6) is 0 Å². The van der Waals surface area contributed by atoms with E-state index in [4.69, 9.17) is 17.3 Å². The summed E-state index contributed by atoms with van der Waals surface area (Å²) in [6, 6.07) is 9.38. The lowest BCUT2D eigenvalue weighted by Gasteiger charge is -2.08. The molecule has 8 nitrogen and oxygen atoms in total. The first-order valence-corrected chi connectivity index (χ1v) is 8.94. The van der Waals surface area contributed by atoms with E-state index in [1.54, 1.807) is 0 Å². The van der Waals surface area contributed by atoms with Crippen molar-refractivity contribution in [3.8, 4) is 0 Å². The number of aromatic nitrogens is 3. The SMILES string of the molecule is Cc1cc(C)cc(NC(=O)Cn2nnc(C(=O)Nc3ccc(F)c(Cl)c3)c2N)c1. The van der Waals surface area contributed by atoms with Crippen LogP contribution in [0.25, 0.3) is 0 Å². The van der Waals surface area contributed by atoms with Crippen molar-refractivity contribution < 1.29 is 14.0 Å². The number of carbonyl (C=O) groups excluding carboxylic acids is 2. The van der Waals surface area contributed by atoms with E-state index in [1.807, 2.05) is 32.0 Å². The number of aryl methyl sites for hydroxylation is 2. The van der Waals surface area contributed by atoms with Crippen LogP contribution < -0.4 is 16.4 Å². The van der Waals surface area contributed by atoms with Gasteiger partial charge in [-0.25, -0.2) is 9.07 Å². The van der Waals surface area contributed by atoms with Crippen LogP contribution in [0.4, 0.5) is 21.6 Å². The van der Waals surface area contributed by atoms with Gasteiger partial charge in [0.2, 0.25) is 5.91 Å². The van der Waals surface area contributed by atoms with Gasteiger partial charge in [0.1, 0.15) is 12.4 Å². The maximum Gasteiger partial charge on any atom is 0.280 e. The number of nitrogens with zero attached hydrogens (tertiary/aromatic N) is 3. The molecule has 0 spiro atoms. The van der Waals surface area contributed by atoms with Gasteiger partial charge in [-0.1, -0.05) is 22.9 Å². The third kappa shape index (κ3) is 4.88. The highest BCUT2D eigenvalue weighted by Gasteiger charge is 2.19. The molecular weight excluding hydrogens is 399 g/mol. The zero-order valence-corrected chi connectivity index (χ0v) is 16.4. The minimum Gasteiger partial charge on any atom is -0.382 e. The van der Waals surface area contributed by atoms with Gasteiger partial charge in [0.25, 0.3) is 5.91 Å². The summed E-state index contributed by atoms with van der Waals surface area (Å²) < 4.78 is 14.3. The minimum atomic E-state index is -0.661. The molecule has 0 aliphatic heterocycles. The Balaban J connectivity index is 1.68. The van der Waals surface area contributed by atoms with Gasteiger partial charge in [0.05, 0.1) is 5.02 Å². The van der Waals surface area contributed by atoms with E-state index in [-0.39, 0.29) is 34.7 Å². The number of hydrogen-bond donors (Lipinski definition) is 3. The first kappa shape index (κ1) is 20.3. The van der Waals surface area contributed by atoms with Crippen LogP contribution in [0, 0.1) is 19.7 Å². The lowest BCUT2D eigenvalue weighted by Crippen LogP contribution is -2.21. The summed E-state index contributed by atoms with van der Waals surface area (Å²) in [5.74, 6) is -1.72. The fraction of sp³-hybridized carbons (Fsp3) is 0.158. The van der Waals surface area contributed by atoms with Crippen LogP contribution >= 0.6 is 11.6 Å². The van der Waals surface area contributed by atoms with Crippen molar-refractivity contribution in [1.82, 2.24) is 15.0 Å². The van der Waals surface area contributed by atoms with Crippen molar-refractivity contribution in [2.45, 2.75) is 20.4 Å². The Labute approximate surface area is 170 Å². The standard InChI is InChI=1S/C19H18ClFN6O2/c1-10-5-11(2)7-13(6-10)23-16(28)9-27-18(22)17(25-26-27)19(29)24-12-3-4-15(21)14(20)8-12/h3-8H,9,22H2,1-2H3,(H,23,28)(H,24,29). The molecule has 0 saturated heterocycles. The summed E-state index contributed by atoms with van der Waals surface area (Å²) >= 11 is 5.69. The molecule has 0 saturated carbocycles. The van der Waals surface area contributed by atoms with E-state index in [0.717, 1.165) is 21.9 Å². The molecule has 0 aliphatic rings. The van der Waals surface area contributed by atoms with E-state index in [0.29, 0.717) is 5.69 Å². The van der Waals surface area contributed by atoms with Gasteiger partial charge in [0.15, 0.2) is 11.5 Å². The van der Waals surface area contributed by atoms with Gasteiger partial charge in [-0.3, -0.25) is 9.59 Å². The van der Waals surface area contributed by atoms with Gasteiger partial charge in [0, 0.05) is 11.4 Å². The monoisotopic (exact) mass is 416 g/mol. The molecule has 29 heavy (non-hydrogen) atoms. The average Bonchev–Trinajstić information content (AvgIpc) is 2.98. The predicted octanol–water partition coefficient (Wildman–Crippen LogP) is 3.16. The lowest BCUT2D eigenvalue weighted by atomic mass is 10.1. The smallest absolute Gasteiger partial charge is 0.280 e. The van der Waals surface area contributed by atoms with Gasteiger partial charge in [-0.2, -0.15) is 0 Å². The Bertz CT molecular complexity index is 1080. The lowest BCUT2D eigenvalue weighted by molar-refractivity contribution is -0.116. The third-order valence-corrected chi connectivity index (χ3v) is 4.25. The molecule has 150 valence electrons. The number of amides is 2. The highest BCUT2D eigenvalue weighted by Crippen LogP contribution is 2.20. The molecule has 3 aromatic rings. The Morgan fingerprint density at radius 2 is 1.79 bits per heavy atom. The summed E-state index contributed by atoms with van der Waals surface area (Å²) in [6.07, 6.45) is 0. The Hall–Kier alpha value is -3.46. The molecule has 2 amide bonds. The number of halogens is 2. The van der Waals surface area contributed by atoms with Crippen molar-refractivity contribution in [3.05, 3.63) is 64.1 Å². The van der Waals surface area contributed by atoms with Crippen molar-refractivity contribution in [1.29, 1.82) is 0 Å². The average molecular weight is 417 g/mol. The zero-order valence-electron chi connectivity index (χ0n) is 15.7. The van der Waals surface area contributed by atoms with Crippen molar-refractivity contribution in [2.24, 2.45) is 0 Å².